The van der Waals surface area contributed by atoms with Gasteiger partial charge in [0.15, 0.2) is 5.69 Å². The van der Waals surface area contributed by atoms with Crippen LogP contribution in [0.5, 0.6) is 5.75 Å². The molecule has 2 heterocycles. The maximum absolute atomic E-state index is 13.7. The number of hydrazone groups is 1. The first kappa shape index (κ1) is 20.7. The van der Waals surface area contributed by atoms with Crippen LogP contribution in [0.15, 0.2) is 58.3 Å². The molecule has 0 saturated heterocycles. The zero-order chi connectivity index (χ0) is 22.5. The molecule has 12 heteroatoms. The van der Waals surface area contributed by atoms with Crippen molar-refractivity contribution in [2.24, 2.45) is 5.10 Å². The summed E-state index contributed by atoms with van der Waals surface area (Å²) in [4.78, 5) is 12.8. The maximum atomic E-state index is 13.7. The molecule has 0 radical (unpaired) electrons. The maximum Gasteiger partial charge on any atom is 0.294 e. The lowest BCUT2D eigenvalue weighted by Crippen LogP contribution is -2.19. The van der Waals surface area contributed by atoms with Crippen molar-refractivity contribution in [3.05, 3.63) is 65.6 Å². The van der Waals surface area contributed by atoms with E-state index in [9.17, 15) is 9.18 Å². The van der Waals surface area contributed by atoms with Crippen LogP contribution in [0.2, 0.25) is 0 Å². The molecule has 0 fully saturated rings. The molecule has 4 rings (SSSR count). The minimum Gasteiger partial charge on any atom is -0.494 e. The predicted octanol–water partition coefficient (Wildman–Crippen LogP) is 2.20. The van der Waals surface area contributed by atoms with Gasteiger partial charge < -0.3 is 10.5 Å². The highest BCUT2D eigenvalue weighted by Gasteiger charge is 2.25. The number of nitrogens with one attached hydrogen (secondary N) is 1. The van der Waals surface area contributed by atoms with Crippen molar-refractivity contribution < 1.29 is 18.6 Å². The molecule has 0 unspecified atom stereocenters. The van der Waals surface area contributed by atoms with Crippen LogP contribution >= 0.6 is 0 Å². The lowest BCUT2D eigenvalue weighted by atomic mass is 10.1. The van der Waals surface area contributed by atoms with E-state index in [1.807, 2.05) is 6.92 Å². The molecular weight excluding hydrogens is 419 g/mol. The molecule has 11 nitrogen and oxygen atoms in total. The van der Waals surface area contributed by atoms with Crippen molar-refractivity contribution in [2.45, 2.75) is 6.92 Å². The highest BCUT2D eigenvalue weighted by molar-refractivity contribution is 5.99. The molecule has 4 aromatic rings. The lowest BCUT2D eigenvalue weighted by Gasteiger charge is -2.08. The Morgan fingerprint density at radius 3 is 2.88 bits per heavy atom. The van der Waals surface area contributed by atoms with Gasteiger partial charge >= 0.3 is 0 Å². The standard InChI is InChI=1S/C20H17FN8O3/c1-2-31-14-8-5-7-12(10-14)17-16(24-28-29(17)19-18(22)26-32-27-19)20(30)25-23-11-13-6-3-4-9-15(13)21/h3-11H,2H2,1H3,(H2,22,26)(H,25,30)/b23-11-. The second-order valence-electron chi connectivity index (χ2n) is 6.35. The molecule has 1 amide bonds. The Hall–Kier alpha value is -4.61. The summed E-state index contributed by atoms with van der Waals surface area (Å²) in [5.74, 6) is -0.563. The van der Waals surface area contributed by atoms with Gasteiger partial charge in [0.1, 0.15) is 17.3 Å². The fourth-order valence-electron chi connectivity index (χ4n) is 2.87. The fourth-order valence-corrected chi connectivity index (χ4v) is 2.87. The van der Waals surface area contributed by atoms with E-state index in [-0.39, 0.29) is 28.6 Å². The molecule has 32 heavy (non-hydrogen) atoms. The molecule has 0 spiro atoms. The van der Waals surface area contributed by atoms with Gasteiger partial charge in [-0.25, -0.2) is 14.4 Å². The summed E-state index contributed by atoms with van der Waals surface area (Å²) in [6.45, 7) is 2.31. The van der Waals surface area contributed by atoms with Crippen LogP contribution in [0.3, 0.4) is 0 Å². The molecular formula is C20H17FN8O3. The molecule has 0 aliphatic rings. The van der Waals surface area contributed by atoms with Gasteiger partial charge in [0.05, 0.1) is 12.8 Å². The smallest absolute Gasteiger partial charge is 0.294 e. The molecule has 0 saturated carbocycles. The molecule has 0 atom stereocenters. The van der Waals surface area contributed by atoms with Crippen molar-refractivity contribution in [1.82, 2.24) is 30.7 Å². The molecule has 0 aliphatic heterocycles. The van der Waals surface area contributed by atoms with Gasteiger partial charge in [0.2, 0.25) is 11.6 Å². The summed E-state index contributed by atoms with van der Waals surface area (Å²) in [7, 11) is 0. The SMILES string of the molecule is CCOc1cccc(-c2c(C(=O)N/N=C\c3ccccc3F)nnn2-c2nonc2N)c1. The first-order valence-corrected chi connectivity index (χ1v) is 9.43. The highest BCUT2D eigenvalue weighted by atomic mass is 19.1. The number of anilines is 1. The Labute approximate surface area is 180 Å². The number of nitrogen functional groups attached to an aromatic ring is 1. The molecule has 2 aromatic carbocycles. The van der Waals surface area contributed by atoms with E-state index >= 15 is 0 Å². The van der Waals surface area contributed by atoms with Crippen LogP contribution in [0.25, 0.3) is 17.1 Å². The quantitative estimate of drug-likeness (QED) is 0.331. The Kier molecular flexibility index (Phi) is 5.83. The topological polar surface area (TPSA) is 146 Å². The lowest BCUT2D eigenvalue weighted by molar-refractivity contribution is 0.0950. The molecule has 0 aliphatic carbocycles. The molecule has 2 aromatic heterocycles. The van der Waals surface area contributed by atoms with E-state index < -0.39 is 11.7 Å². The Morgan fingerprint density at radius 1 is 1.28 bits per heavy atom. The first-order valence-electron chi connectivity index (χ1n) is 9.43. The van der Waals surface area contributed by atoms with Crippen LogP contribution in [0.1, 0.15) is 23.0 Å². The van der Waals surface area contributed by atoms with E-state index in [1.165, 1.54) is 23.0 Å². The van der Waals surface area contributed by atoms with Crippen LogP contribution < -0.4 is 15.9 Å². The average molecular weight is 436 g/mol. The van der Waals surface area contributed by atoms with Crippen molar-refractivity contribution in [3.8, 4) is 22.8 Å². The highest BCUT2D eigenvalue weighted by Crippen LogP contribution is 2.29. The summed E-state index contributed by atoms with van der Waals surface area (Å²) in [6.07, 6.45) is 1.19. The van der Waals surface area contributed by atoms with Crippen LogP contribution in [-0.4, -0.2) is 44.0 Å². The second-order valence-corrected chi connectivity index (χ2v) is 6.35. The number of aromatic nitrogens is 5. The summed E-state index contributed by atoms with van der Waals surface area (Å²) in [5.41, 5.74) is 9.06. The van der Waals surface area contributed by atoms with Crippen LogP contribution in [0, 0.1) is 5.82 Å². The Balaban J connectivity index is 1.71. The number of hydrogen-bond acceptors (Lipinski definition) is 9. The average Bonchev–Trinajstić information content (AvgIpc) is 3.41. The monoisotopic (exact) mass is 436 g/mol. The summed E-state index contributed by atoms with van der Waals surface area (Å²) in [6, 6.07) is 13.0. The number of nitrogens with two attached hydrogens (primary N) is 1. The number of halogens is 1. The number of carbonyl (C=O) groups is 1. The minimum absolute atomic E-state index is 0.0401. The Bertz CT molecular complexity index is 1280. The number of benzene rings is 2. The van der Waals surface area contributed by atoms with Crippen molar-refractivity contribution in [3.63, 3.8) is 0 Å². The normalized spacial score (nSPS) is 11.1. The zero-order valence-corrected chi connectivity index (χ0v) is 16.8. The summed E-state index contributed by atoms with van der Waals surface area (Å²) >= 11 is 0. The number of carbonyl (C=O) groups excluding carboxylic acids is 1. The van der Waals surface area contributed by atoms with Crippen molar-refractivity contribution in [2.75, 3.05) is 12.3 Å². The van der Waals surface area contributed by atoms with Gasteiger partial charge in [-0.2, -0.15) is 9.78 Å². The van der Waals surface area contributed by atoms with E-state index in [0.29, 0.717) is 17.9 Å². The van der Waals surface area contributed by atoms with Crippen LogP contribution in [0.4, 0.5) is 10.2 Å². The fraction of sp³-hybridized carbons (Fsp3) is 0.100. The zero-order valence-electron chi connectivity index (χ0n) is 16.8. The molecule has 0 bridgehead atoms. The number of ether oxygens (including phenoxy) is 1. The largest absolute Gasteiger partial charge is 0.494 e. The van der Waals surface area contributed by atoms with E-state index in [1.54, 1.807) is 36.4 Å². The van der Waals surface area contributed by atoms with Gasteiger partial charge in [-0.3, -0.25) is 4.79 Å². The van der Waals surface area contributed by atoms with Crippen LogP contribution in [-0.2, 0) is 0 Å². The van der Waals surface area contributed by atoms with Gasteiger partial charge in [-0.05, 0) is 35.4 Å². The second kappa shape index (κ2) is 9.04. The predicted molar refractivity (Wildman–Crippen MR) is 112 cm³/mol. The first-order chi connectivity index (χ1) is 15.6. The van der Waals surface area contributed by atoms with E-state index in [4.69, 9.17) is 10.5 Å². The summed E-state index contributed by atoms with van der Waals surface area (Å²) < 4.78 is 25.2. The van der Waals surface area contributed by atoms with Gasteiger partial charge in [0, 0.05) is 11.1 Å². The van der Waals surface area contributed by atoms with E-state index in [2.05, 4.69) is 35.8 Å². The third kappa shape index (κ3) is 4.14. The van der Waals surface area contributed by atoms with E-state index in [0.717, 1.165) is 0 Å². The third-order valence-corrected chi connectivity index (χ3v) is 4.27. The number of nitrogens with zero attached hydrogens (tertiary/aromatic N) is 6. The van der Waals surface area contributed by atoms with Crippen molar-refractivity contribution >= 4 is 17.9 Å². The summed E-state index contributed by atoms with van der Waals surface area (Å²) in [5, 5.41) is 19.0. The number of rotatable bonds is 7. The minimum atomic E-state index is -0.685. The molecule has 3 N–H and O–H groups in total. The molecule has 162 valence electrons. The third-order valence-electron chi connectivity index (χ3n) is 4.27. The Morgan fingerprint density at radius 2 is 2.12 bits per heavy atom. The number of hydrogen-bond donors (Lipinski definition) is 2. The number of amides is 1. The van der Waals surface area contributed by atoms with Crippen molar-refractivity contribution in [1.29, 1.82) is 0 Å². The van der Waals surface area contributed by atoms with Gasteiger partial charge in [-0.1, -0.05) is 35.5 Å². The van der Waals surface area contributed by atoms with Gasteiger partial charge in [0.25, 0.3) is 5.91 Å². The van der Waals surface area contributed by atoms with Gasteiger partial charge in [-0.15, -0.1) is 5.10 Å².